The van der Waals surface area contributed by atoms with Crippen molar-refractivity contribution in [1.82, 2.24) is 0 Å². The average Bonchev–Trinajstić information content (AvgIpc) is 2.68. The molecule has 2 aromatic rings. The molecule has 1 aliphatic heterocycles. The highest BCUT2D eigenvalue weighted by atomic mass is 16.6. The average molecular weight is 357 g/mol. The number of hydrogen-bond acceptors (Lipinski definition) is 6. The first-order valence-electron chi connectivity index (χ1n) is 8.10. The van der Waals surface area contributed by atoms with E-state index >= 15 is 0 Å². The lowest BCUT2D eigenvalue weighted by atomic mass is 10.2. The molecular weight excluding hydrogens is 338 g/mol. The normalized spacial score (nSPS) is 16.3. The van der Waals surface area contributed by atoms with E-state index in [9.17, 15) is 9.59 Å². The van der Waals surface area contributed by atoms with E-state index in [0.29, 0.717) is 22.9 Å². The van der Waals surface area contributed by atoms with Gasteiger partial charge >= 0.3 is 5.97 Å². The van der Waals surface area contributed by atoms with Crippen molar-refractivity contribution in [3.63, 3.8) is 0 Å². The van der Waals surface area contributed by atoms with E-state index in [-0.39, 0.29) is 6.61 Å². The zero-order valence-corrected chi connectivity index (χ0v) is 14.4. The van der Waals surface area contributed by atoms with E-state index in [4.69, 9.17) is 18.9 Å². The first-order chi connectivity index (χ1) is 12.6. The number of esters is 1. The summed E-state index contributed by atoms with van der Waals surface area (Å²) in [5.74, 6) is 0.618. The molecule has 1 N–H and O–H groups in total. The molecule has 3 rings (SSSR count). The molecule has 7 heteroatoms. The zero-order valence-electron chi connectivity index (χ0n) is 14.4. The van der Waals surface area contributed by atoms with Crippen LogP contribution in [0, 0.1) is 0 Å². The number of fused-ring (bicyclic) bond motifs is 1. The number of nitrogens with one attached hydrogen (secondary N) is 1. The summed E-state index contributed by atoms with van der Waals surface area (Å²) in [4.78, 5) is 24.4. The van der Waals surface area contributed by atoms with Gasteiger partial charge in [-0.15, -0.1) is 0 Å². The maximum absolute atomic E-state index is 12.2. The van der Waals surface area contributed by atoms with Crippen molar-refractivity contribution in [2.75, 3.05) is 19.0 Å². The van der Waals surface area contributed by atoms with Gasteiger partial charge in [0.2, 0.25) is 6.10 Å². The molecule has 2 aromatic carbocycles. The molecule has 7 nitrogen and oxygen atoms in total. The Morgan fingerprint density at radius 2 is 1.81 bits per heavy atom. The summed E-state index contributed by atoms with van der Waals surface area (Å²) < 4.78 is 21.3. The summed E-state index contributed by atoms with van der Waals surface area (Å²) >= 11 is 0. The topological polar surface area (TPSA) is 83.1 Å². The number of benzene rings is 2. The third-order valence-corrected chi connectivity index (χ3v) is 3.79. The Morgan fingerprint density at radius 3 is 2.50 bits per heavy atom. The van der Waals surface area contributed by atoms with Crippen molar-refractivity contribution in [1.29, 1.82) is 0 Å². The first-order valence-corrected chi connectivity index (χ1v) is 8.10. The number of amides is 1. The molecule has 0 radical (unpaired) electrons. The number of ether oxygens (including phenoxy) is 4. The number of carbonyl (C=O) groups is 2. The van der Waals surface area contributed by atoms with E-state index in [2.05, 4.69) is 5.32 Å². The van der Waals surface area contributed by atoms with Crippen molar-refractivity contribution in [2.45, 2.75) is 19.1 Å². The Bertz CT molecular complexity index is 789. The molecule has 0 spiro atoms. The van der Waals surface area contributed by atoms with Gasteiger partial charge < -0.3 is 24.3 Å². The van der Waals surface area contributed by atoms with Gasteiger partial charge in [-0.25, -0.2) is 4.79 Å². The summed E-state index contributed by atoms with van der Waals surface area (Å²) in [5, 5.41) is 2.67. The van der Waals surface area contributed by atoms with Crippen LogP contribution in [-0.4, -0.2) is 37.8 Å². The molecule has 26 heavy (non-hydrogen) atoms. The Kier molecular flexibility index (Phi) is 5.26. The molecule has 0 unspecified atom stereocenters. The van der Waals surface area contributed by atoms with E-state index in [1.54, 1.807) is 49.6 Å². The van der Waals surface area contributed by atoms with Crippen LogP contribution in [0.2, 0.25) is 0 Å². The maximum Gasteiger partial charge on any atom is 0.351 e. The van der Waals surface area contributed by atoms with Crippen LogP contribution in [0.1, 0.15) is 6.92 Å². The van der Waals surface area contributed by atoms with Crippen LogP contribution in [0.25, 0.3) is 0 Å². The Morgan fingerprint density at radius 1 is 1.12 bits per heavy atom. The van der Waals surface area contributed by atoms with E-state index in [1.165, 1.54) is 6.92 Å². The molecule has 0 saturated carbocycles. The summed E-state index contributed by atoms with van der Waals surface area (Å²) in [7, 11) is 1.56. The molecule has 0 bridgehead atoms. The fourth-order valence-electron chi connectivity index (χ4n) is 2.36. The third-order valence-electron chi connectivity index (χ3n) is 3.79. The molecule has 0 aromatic heterocycles. The Hall–Kier alpha value is -3.22. The third kappa shape index (κ3) is 4.05. The van der Waals surface area contributed by atoms with Crippen LogP contribution in [0.5, 0.6) is 17.2 Å². The summed E-state index contributed by atoms with van der Waals surface area (Å²) in [6, 6.07) is 13.9. The van der Waals surface area contributed by atoms with Gasteiger partial charge in [0, 0.05) is 5.69 Å². The van der Waals surface area contributed by atoms with Crippen LogP contribution in [-0.2, 0) is 14.3 Å². The molecule has 2 atom stereocenters. The van der Waals surface area contributed by atoms with Crippen molar-refractivity contribution < 1.29 is 28.5 Å². The number of methoxy groups -OCH3 is 1. The largest absolute Gasteiger partial charge is 0.497 e. The molecule has 0 saturated heterocycles. The standard InChI is InChI=1S/C19H19NO6/c1-12(18(21)20-13-7-9-14(23-2)10-8-13)25-19(22)17-11-24-15-5-3-4-6-16(15)26-17/h3-10,12,17H,11H2,1-2H3,(H,20,21)/t12-,17-/m0/s1. The van der Waals surface area contributed by atoms with Crippen LogP contribution >= 0.6 is 0 Å². The molecule has 1 heterocycles. The minimum absolute atomic E-state index is 0.0304. The summed E-state index contributed by atoms with van der Waals surface area (Å²) in [6.07, 6.45) is -1.90. The van der Waals surface area contributed by atoms with Crippen molar-refractivity contribution in [3.05, 3.63) is 48.5 Å². The molecular formula is C19H19NO6. The lowest BCUT2D eigenvalue weighted by Crippen LogP contribution is -2.41. The van der Waals surface area contributed by atoms with Gasteiger partial charge in [0.1, 0.15) is 12.4 Å². The van der Waals surface area contributed by atoms with Crippen LogP contribution in [0.3, 0.4) is 0 Å². The zero-order chi connectivity index (χ0) is 18.5. The van der Waals surface area contributed by atoms with Gasteiger partial charge in [0.15, 0.2) is 17.6 Å². The predicted octanol–water partition coefficient (Wildman–Crippen LogP) is 2.41. The smallest absolute Gasteiger partial charge is 0.351 e. The number of rotatable bonds is 5. The molecule has 1 amide bonds. The second kappa shape index (κ2) is 7.77. The molecule has 0 aliphatic carbocycles. The second-order valence-corrected chi connectivity index (χ2v) is 5.66. The van der Waals surface area contributed by atoms with Gasteiger partial charge in [0.05, 0.1) is 7.11 Å². The van der Waals surface area contributed by atoms with Gasteiger partial charge in [0.25, 0.3) is 5.91 Å². The fourth-order valence-corrected chi connectivity index (χ4v) is 2.36. The fraction of sp³-hybridized carbons (Fsp3) is 0.263. The lowest BCUT2D eigenvalue weighted by Gasteiger charge is -2.25. The number of hydrogen-bond donors (Lipinski definition) is 1. The highest BCUT2D eigenvalue weighted by Crippen LogP contribution is 2.31. The van der Waals surface area contributed by atoms with E-state index in [0.717, 1.165) is 0 Å². The van der Waals surface area contributed by atoms with Gasteiger partial charge in [-0.1, -0.05) is 12.1 Å². The lowest BCUT2D eigenvalue weighted by molar-refractivity contribution is -0.162. The molecule has 1 aliphatic rings. The number of anilines is 1. The van der Waals surface area contributed by atoms with Crippen LogP contribution < -0.4 is 19.5 Å². The minimum Gasteiger partial charge on any atom is -0.497 e. The monoisotopic (exact) mass is 357 g/mol. The Balaban J connectivity index is 1.54. The maximum atomic E-state index is 12.2. The van der Waals surface area contributed by atoms with E-state index < -0.39 is 24.1 Å². The molecule has 0 fully saturated rings. The molecule has 136 valence electrons. The van der Waals surface area contributed by atoms with Crippen LogP contribution in [0.15, 0.2) is 48.5 Å². The van der Waals surface area contributed by atoms with Gasteiger partial charge in [-0.3, -0.25) is 4.79 Å². The van der Waals surface area contributed by atoms with Gasteiger partial charge in [-0.05, 0) is 43.3 Å². The van der Waals surface area contributed by atoms with Gasteiger partial charge in [-0.2, -0.15) is 0 Å². The van der Waals surface area contributed by atoms with Crippen molar-refractivity contribution in [2.24, 2.45) is 0 Å². The second-order valence-electron chi connectivity index (χ2n) is 5.66. The summed E-state index contributed by atoms with van der Waals surface area (Å²) in [5.41, 5.74) is 0.574. The first kappa shape index (κ1) is 17.6. The van der Waals surface area contributed by atoms with Crippen molar-refractivity contribution in [3.8, 4) is 17.2 Å². The Labute approximate surface area is 150 Å². The summed E-state index contributed by atoms with van der Waals surface area (Å²) in [6.45, 7) is 1.52. The number of para-hydroxylation sites is 2. The number of carbonyl (C=O) groups excluding carboxylic acids is 2. The quantitative estimate of drug-likeness (QED) is 0.828. The van der Waals surface area contributed by atoms with E-state index in [1.807, 2.05) is 6.07 Å². The minimum atomic E-state index is -0.981. The predicted molar refractivity (Wildman–Crippen MR) is 93.5 cm³/mol. The highest BCUT2D eigenvalue weighted by molar-refractivity contribution is 5.95. The highest BCUT2D eigenvalue weighted by Gasteiger charge is 2.31. The SMILES string of the molecule is COc1ccc(NC(=O)[C@H](C)OC(=O)[C@@H]2COc3ccccc3O2)cc1. The van der Waals surface area contributed by atoms with Crippen LogP contribution in [0.4, 0.5) is 5.69 Å². The van der Waals surface area contributed by atoms with Crippen molar-refractivity contribution >= 4 is 17.6 Å².